The van der Waals surface area contributed by atoms with Gasteiger partial charge in [0, 0.05) is 33.3 Å². The van der Waals surface area contributed by atoms with E-state index in [2.05, 4.69) is 124 Å². The average Bonchev–Trinajstić information content (AvgIpc) is 3.39. The standard InChI is InChI=1S/C34H32N2Si/c1-34(2,3)27-20-22(19-21-11-7-8-12-23(21)27)31-33-25(17-18-35-31)24-15-16-29(37(4,5)6)30-26-13-9-10-14-28(26)36(33)32(24)30/h7-20H,1-6H3. The Morgan fingerprint density at radius 2 is 1.41 bits per heavy atom. The van der Waals surface area contributed by atoms with Crippen molar-refractivity contribution in [1.29, 1.82) is 0 Å². The number of rotatable bonds is 2. The molecule has 0 N–H and O–H groups in total. The summed E-state index contributed by atoms with van der Waals surface area (Å²) in [7, 11) is -1.57. The second-order valence-electron chi connectivity index (χ2n) is 12.5. The van der Waals surface area contributed by atoms with Crippen molar-refractivity contribution in [3.05, 3.63) is 90.6 Å². The molecule has 0 unspecified atom stereocenters. The van der Waals surface area contributed by atoms with Gasteiger partial charge in [-0.3, -0.25) is 4.98 Å². The highest BCUT2D eigenvalue weighted by Gasteiger charge is 2.27. The Balaban J connectivity index is 1.69. The molecular weight excluding hydrogens is 464 g/mol. The third kappa shape index (κ3) is 3.13. The fraction of sp³-hybridized carbons (Fsp3) is 0.206. The molecule has 0 atom stereocenters. The van der Waals surface area contributed by atoms with E-state index in [4.69, 9.17) is 4.98 Å². The van der Waals surface area contributed by atoms with Crippen LogP contribution in [-0.4, -0.2) is 17.5 Å². The van der Waals surface area contributed by atoms with Crippen LogP contribution in [0.2, 0.25) is 19.6 Å². The predicted molar refractivity (Wildman–Crippen MR) is 164 cm³/mol. The number of aromatic nitrogens is 2. The maximum absolute atomic E-state index is 5.07. The van der Waals surface area contributed by atoms with E-state index in [1.165, 1.54) is 65.2 Å². The summed E-state index contributed by atoms with van der Waals surface area (Å²) < 4.78 is 2.51. The lowest BCUT2D eigenvalue weighted by Crippen LogP contribution is -2.37. The Labute approximate surface area is 218 Å². The van der Waals surface area contributed by atoms with Gasteiger partial charge in [0.25, 0.3) is 0 Å². The molecule has 0 spiro atoms. The number of fused-ring (bicyclic) bond motifs is 7. The zero-order valence-corrected chi connectivity index (χ0v) is 23.5. The first-order valence-corrected chi connectivity index (χ1v) is 16.7. The minimum absolute atomic E-state index is 0.0240. The topological polar surface area (TPSA) is 17.3 Å². The van der Waals surface area contributed by atoms with E-state index in [1.807, 2.05) is 6.20 Å². The van der Waals surface area contributed by atoms with Crippen molar-refractivity contribution in [2.75, 3.05) is 0 Å². The molecule has 0 saturated heterocycles. The molecule has 182 valence electrons. The number of pyridine rings is 1. The van der Waals surface area contributed by atoms with Crippen LogP contribution in [-0.2, 0) is 5.41 Å². The average molecular weight is 497 g/mol. The van der Waals surface area contributed by atoms with Gasteiger partial charge < -0.3 is 4.40 Å². The highest BCUT2D eigenvalue weighted by Crippen LogP contribution is 2.43. The molecule has 0 radical (unpaired) electrons. The smallest absolute Gasteiger partial charge is 0.0949 e. The van der Waals surface area contributed by atoms with E-state index in [1.54, 1.807) is 0 Å². The zero-order chi connectivity index (χ0) is 25.7. The van der Waals surface area contributed by atoms with Crippen molar-refractivity contribution in [1.82, 2.24) is 9.38 Å². The van der Waals surface area contributed by atoms with Gasteiger partial charge >= 0.3 is 0 Å². The molecule has 3 heterocycles. The highest BCUT2D eigenvalue weighted by molar-refractivity contribution is 6.90. The van der Waals surface area contributed by atoms with Gasteiger partial charge in [-0.15, -0.1) is 0 Å². The zero-order valence-electron chi connectivity index (χ0n) is 22.5. The lowest BCUT2D eigenvalue weighted by Gasteiger charge is -2.23. The first kappa shape index (κ1) is 22.5. The van der Waals surface area contributed by atoms with E-state index in [-0.39, 0.29) is 5.41 Å². The van der Waals surface area contributed by atoms with Gasteiger partial charge in [0.1, 0.15) is 0 Å². The summed E-state index contributed by atoms with van der Waals surface area (Å²) in [6, 6.07) is 29.4. The third-order valence-corrected chi connectivity index (χ3v) is 10.0. The van der Waals surface area contributed by atoms with E-state index in [9.17, 15) is 0 Å². The van der Waals surface area contributed by atoms with E-state index < -0.39 is 8.07 Å². The summed E-state index contributed by atoms with van der Waals surface area (Å²) in [5.74, 6) is 0. The maximum Gasteiger partial charge on any atom is 0.0949 e. The molecule has 7 rings (SSSR count). The summed E-state index contributed by atoms with van der Waals surface area (Å²) in [5.41, 5.74) is 7.46. The van der Waals surface area contributed by atoms with E-state index in [0.29, 0.717) is 0 Å². The van der Waals surface area contributed by atoms with E-state index in [0.717, 1.165) is 5.69 Å². The number of para-hydroxylation sites is 1. The summed E-state index contributed by atoms with van der Waals surface area (Å²) in [6.07, 6.45) is 1.99. The molecule has 0 bridgehead atoms. The second-order valence-corrected chi connectivity index (χ2v) is 17.6. The second kappa shape index (κ2) is 7.42. The van der Waals surface area contributed by atoms with Crippen molar-refractivity contribution in [3.8, 4) is 11.3 Å². The van der Waals surface area contributed by atoms with Crippen LogP contribution in [0.5, 0.6) is 0 Å². The van der Waals surface area contributed by atoms with Crippen molar-refractivity contribution >= 4 is 62.1 Å². The van der Waals surface area contributed by atoms with Crippen LogP contribution in [0, 0.1) is 0 Å². The summed E-state index contributed by atoms with van der Waals surface area (Å²) in [4.78, 5) is 5.07. The molecule has 37 heavy (non-hydrogen) atoms. The van der Waals surface area contributed by atoms with Crippen molar-refractivity contribution in [3.63, 3.8) is 0 Å². The first-order chi connectivity index (χ1) is 17.6. The van der Waals surface area contributed by atoms with Crippen LogP contribution < -0.4 is 5.19 Å². The number of hydrogen-bond donors (Lipinski definition) is 0. The SMILES string of the molecule is CC(C)(C)c1cc(-c2nccc3c4ccc([Si](C)(C)C)c5c6ccccc6n(c23)c45)cc2ccccc12. The third-order valence-electron chi connectivity index (χ3n) is 8.01. The molecule has 0 aliphatic heterocycles. The summed E-state index contributed by atoms with van der Waals surface area (Å²) >= 11 is 0. The van der Waals surface area contributed by atoms with Crippen molar-refractivity contribution in [2.24, 2.45) is 0 Å². The fourth-order valence-corrected chi connectivity index (χ4v) is 7.93. The monoisotopic (exact) mass is 496 g/mol. The van der Waals surface area contributed by atoms with Crippen LogP contribution in [0.1, 0.15) is 26.3 Å². The number of nitrogens with zero attached hydrogens (tertiary/aromatic N) is 2. The minimum atomic E-state index is -1.57. The molecule has 3 aromatic heterocycles. The normalized spacial score (nSPS) is 13.1. The van der Waals surface area contributed by atoms with Gasteiger partial charge in [0.2, 0.25) is 0 Å². The highest BCUT2D eigenvalue weighted by atomic mass is 28.3. The molecule has 2 nitrogen and oxygen atoms in total. The summed E-state index contributed by atoms with van der Waals surface area (Å²) in [6.45, 7) is 14.3. The Morgan fingerprint density at radius 3 is 2.16 bits per heavy atom. The maximum atomic E-state index is 5.07. The Hall–Kier alpha value is -3.69. The molecule has 0 fully saturated rings. The summed E-state index contributed by atoms with van der Waals surface area (Å²) in [5, 5.41) is 9.51. The van der Waals surface area contributed by atoms with Crippen LogP contribution in [0.25, 0.3) is 60.1 Å². The minimum Gasteiger partial charge on any atom is -0.306 e. The molecule has 0 aliphatic rings. The van der Waals surface area contributed by atoms with Crippen LogP contribution in [0.15, 0.2) is 85.1 Å². The van der Waals surface area contributed by atoms with Crippen molar-refractivity contribution in [2.45, 2.75) is 45.8 Å². The van der Waals surface area contributed by atoms with Gasteiger partial charge in [-0.1, -0.05) is 100 Å². The Bertz CT molecular complexity index is 2000. The van der Waals surface area contributed by atoms with Crippen LogP contribution in [0.4, 0.5) is 0 Å². The lowest BCUT2D eigenvalue weighted by atomic mass is 9.82. The van der Waals surface area contributed by atoms with Crippen LogP contribution >= 0.6 is 0 Å². The van der Waals surface area contributed by atoms with Gasteiger partial charge in [-0.05, 0) is 46.0 Å². The molecule has 0 saturated carbocycles. The van der Waals surface area contributed by atoms with E-state index >= 15 is 0 Å². The predicted octanol–water partition coefficient (Wildman–Crippen LogP) is 8.89. The van der Waals surface area contributed by atoms with Gasteiger partial charge in [0.05, 0.1) is 30.3 Å². The first-order valence-electron chi connectivity index (χ1n) is 13.2. The molecule has 0 amide bonds. The van der Waals surface area contributed by atoms with Crippen LogP contribution in [0.3, 0.4) is 0 Å². The Kier molecular flexibility index (Phi) is 4.51. The molecular formula is C34H32N2Si. The van der Waals surface area contributed by atoms with Gasteiger partial charge in [-0.25, -0.2) is 0 Å². The lowest BCUT2D eigenvalue weighted by molar-refractivity contribution is 0.596. The fourth-order valence-electron chi connectivity index (χ4n) is 6.35. The Morgan fingerprint density at radius 1 is 0.703 bits per heavy atom. The molecule has 4 aromatic carbocycles. The van der Waals surface area contributed by atoms with Crippen molar-refractivity contribution < 1.29 is 0 Å². The number of hydrogen-bond acceptors (Lipinski definition) is 1. The molecule has 0 aliphatic carbocycles. The van der Waals surface area contributed by atoms with Gasteiger partial charge in [-0.2, -0.15) is 0 Å². The molecule has 7 aromatic rings. The number of benzene rings is 4. The molecule has 3 heteroatoms. The largest absolute Gasteiger partial charge is 0.306 e. The quantitative estimate of drug-likeness (QED) is 0.218. The van der Waals surface area contributed by atoms with Gasteiger partial charge in [0.15, 0.2) is 0 Å².